The van der Waals surface area contributed by atoms with E-state index in [-0.39, 0.29) is 17.5 Å². The maximum Gasteiger partial charge on any atom is 0.322 e. The third-order valence-electron chi connectivity index (χ3n) is 5.90. The number of nitrogens with zero attached hydrogens (tertiary/aromatic N) is 3. The maximum atomic E-state index is 12.7. The zero-order valence-electron chi connectivity index (χ0n) is 14.4. The summed E-state index contributed by atoms with van der Waals surface area (Å²) < 4.78 is 5.42. The quantitative estimate of drug-likeness (QED) is 0.868. The minimum atomic E-state index is -0.728. The van der Waals surface area contributed by atoms with Gasteiger partial charge in [-0.2, -0.15) is 0 Å². The van der Waals surface area contributed by atoms with Crippen molar-refractivity contribution in [3.05, 3.63) is 24.1 Å². The molecule has 5 rings (SSSR count). The average molecular weight is 355 g/mol. The Hall–Kier alpha value is -2.61. The van der Waals surface area contributed by atoms with E-state index in [1.54, 1.807) is 23.2 Å². The van der Waals surface area contributed by atoms with Crippen molar-refractivity contribution in [2.24, 2.45) is 17.6 Å². The number of rotatable bonds is 3. The van der Waals surface area contributed by atoms with Crippen LogP contribution in [0.4, 0.5) is 10.5 Å². The van der Waals surface area contributed by atoms with Crippen molar-refractivity contribution in [1.29, 1.82) is 0 Å². The molecule has 2 aromatic rings. The van der Waals surface area contributed by atoms with Crippen molar-refractivity contribution in [2.75, 3.05) is 31.5 Å². The minimum Gasteiger partial charge on any atom is -0.430 e. The van der Waals surface area contributed by atoms with Crippen molar-refractivity contribution >= 4 is 28.7 Å². The Kier molecular flexibility index (Phi) is 3.43. The third kappa shape index (κ3) is 2.52. The molecule has 0 bridgehead atoms. The fourth-order valence-corrected chi connectivity index (χ4v) is 4.37. The molecule has 136 valence electrons. The molecule has 0 spiro atoms. The van der Waals surface area contributed by atoms with Gasteiger partial charge in [-0.25, -0.2) is 9.78 Å². The molecule has 1 saturated carbocycles. The van der Waals surface area contributed by atoms with Gasteiger partial charge in [-0.1, -0.05) is 0 Å². The molecule has 3 aliphatic rings. The summed E-state index contributed by atoms with van der Waals surface area (Å²) in [4.78, 5) is 32.8. The number of carbonyl (C=O) groups excluding carboxylic acids is 2. The summed E-state index contributed by atoms with van der Waals surface area (Å²) in [5.74, 6) is 0.984. The largest absolute Gasteiger partial charge is 0.430 e. The summed E-state index contributed by atoms with van der Waals surface area (Å²) in [6, 6.07) is 3.68. The third-order valence-corrected chi connectivity index (χ3v) is 5.90. The summed E-state index contributed by atoms with van der Waals surface area (Å²) >= 11 is 0. The van der Waals surface area contributed by atoms with E-state index in [4.69, 9.17) is 10.2 Å². The number of hydrogen-bond acceptors (Lipinski definition) is 5. The van der Waals surface area contributed by atoms with Crippen molar-refractivity contribution in [3.8, 4) is 0 Å². The lowest BCUT2D eigenvalue weighted by atomic mass is 10.2. The number of nitrogens with two attached hydrogens (primary N) is 1. The Morgan fingerprint density at radius 2 is 2.08 bits per heavy atom. The van der Waals surface area contributed by atoms with E-state index in [2.05, 4.69) is 15.2 Å². The first-order valence-electron chi connectivity index (χ1n) is 9.07. The second-order valence-corrected chi connectivity index (χ2v) is 7.55. The molecule has 0 radical (unpaired) electrons. The molecular formula is C18H21N5O3. The van der Waals surface area contributed by atoms with Crippen LogP contribution < -0.4 is 11.1 Å². The summed E-state index contributed by atoms with van der Waals surface area (Å²) in [7, 11) is 0. The van der Waals surface area contributed by atoms with E-state index < -0.39 is 5.91 Å². The zero-order chi connectivity index (χ0) is 17.8. The van der Waals surface area contributed by atoms with Crippen molar-refractivity contribution in [3.63, 3.8) is 0 Å². The van der Waals surface area contributed by atoms with Gasteiger partial charge in [0.1, 0.15) is 5.69 Å². The van der Waals surface area contributed by atoms with E-state index >= 15 is 0 Å². The number of likely N-dealkylation sites (tertiary alicyclic amines) is 2. The van der Waals surface area contributed by atoms with Crippen molar-refractivity contribution < 1.29 is 14.0 Å². The standard InChI is InChI=1S/C18H21N5O3/c19-16(24)15-14(13-2-1-4-20-17(13)26-15)21-18(25)22-5-3-12(9-22)23-7-10-6-11(10)8-23/h1-2,4,10-12H,3,5-9H2,(H2,19,24)(H,21,25)/t10?,11?,12-/m1/s1. The number of urea groups is 1. The fourth-order valence-electron chi connectivity index (χ4n) is 4.37. The molecule has 0 aromatic carbocycles. The van der Waals surface area contributed by atoms with Crippen LogP contribution in [0.2, 0.25) is 0 Å². The Bertz CT molecular complexity index is 884. The number of amides is 3. The van der Waals surface area contributed by atoms with E-state index in [1.807, 2.05) is 0 Å². The summed E-state index contributed by atoms with van der Waals surface area (Å²) in [5.41, 5.74) is 5.98. The second kappa shape index (κ2) is 5.70. The summed E-state index contributed by atoms with van der Waals surface area (Å²) in [5, 5.41) is 3.39. The minimum absolute atomic E-state index is 0.0672. The molecule has 4 heterocycles. The first kappa shape index (κ1) is 15.6. The number of nitrogens with one attached hydrogen (secondary N) is 1. The first-order valence-corrected chi connectivity index (χ1v) is 9.07. The van der Waals surface area contributed by atoms with Crippen LogP contribution in [0, 0.1) is 11.8 Å². The lowest BCUT2D eigenvalue weighted by Gasteiger charge is -2.25. The number of aromatic nitrogens is 1. The van der Waals surface area contributed by atoms with Gasteiger partial charge in [0.05, 0.1) is 5.39 Å². The Labute approximate surface area is 150 Å². The number of piperidine rings is 1. The SMILES string of the molecule is NC(=O)c1oc2ncccc2c1NC(=O)N1CC[C@@H](N2CC3CC3C2)C1. The molecule has 1 aliphatic carbocycles. The number of carbonyl (C=O) groups is 2. The molecule has 2 aliphatic heterocycles. The van der Waals surface area contributed by atoms with Crippen LogP contribution in [0.1, 0.15) is 23.4 Å². The van der Waals surface area contributed by atoms with E-state index in [0.29, 0.717) is 30.2 Å². The molecular weight excluding hydrogens is 334 g/mol. The predicted molar refractivity (Wildman–Crippen MR) is 94.7 cm³/mol. The molecule has 3 fully saturated rings. The smallest absolute Gasteiger partial charge is 0.322 e. The Balaban J connectivity index is 1.32. The van der Waals surface area contributed by atoms with Gasteiger partial charge < -0.3 is 20.4 Å². The van der Waals surface area contributed by atoms with Gasteiger partial charge in [-0.15, -0.1) is 0 Å². The van der Waals surface area contributed by atoms with Gasteiger partial charge in [-0.05, 0) is 36.8 Å². The number of fused-ring (bicyclic) bond motifs is 2. The number of primary amides is 1. The maximum absolute atomic E-state index is 12.7. The topological polar surface area (TPSA) is 105 Å². The number of furan rings is 1. The van der Waals surface area contributed by atoms with Gasteiger partial charge in [-0.3, -0.25) is 9.69 Å². The van der Waals surface area contributed by atoms with Crippen LogP contribution in [0.5, 0.6) is 0 Å². The van der Waals surface area contributed by atoms with Gasteiger partial charge >= 0.3 is 6.03 Å². The number of anilines is 1. The number of hydrogen-bond donors (Lipinski definition) is 2. The highest BCUT2D eigenvalue weighted by Crippen LogP contribution is 2.46. The van der Waals surface area contributed by atoms with Crippen molar-refractivity contribution in [1.82, 2.24) is 14.8 Å². The summed E-state index contributed by atoms with van der Waals surface area (Å²) in [6.45, 7) is 3.77. The molecule has 3 atom stereocenters. The molecule has 26 heavy (non-hydrogen) atoms. The highest BCUT2D eigenvalue weighted by molar-refractivity contribution is 6.09. The summed E-state index contributed by atoms with van der Waals surface area (Å²) in [6.07, 6.45) is 3.93. The monoisotopic (exact) mass is 355 g/mol. The number of pyridine rings is 1. The van der Waals surface area contributed by atoms with Crippen LogP contribution in [0.15, 0.2) is 22.7 Å². The normalized spacial score (nSPS) is 27.7. The Morgan fingerprint density at radius 3 is 2.85 bits per heavy atom. The van der Waals surface area contributed by atoms with Crippen molar-refractivity contribution in [2.45, 2.75) is 18.9 Å². The molecule has 2 unspecified atom stereocenters. The average Bonchev–Trinajstić information content (AvgIpc) is 3.04. The van der Waals surface area contributed by atoms with Gasteiger partial charge in [0.2, 0.25) is 11.5 Å². The molecule has 8 heteroatoms. The van der Waals surface area contributed by atoms with Crippen LogP contribution in [-0.4, -0.2) is 58.9 Å². The first-order chi connectivity index (χ1) is 12.6. The van der Waals surface area contributed by atoms with Crippen LogP contribution in [0.3, 0.4) is 0 Å². The predicted octanol–water partition coefficient (Wildman–Crippen LogP) is 1.48. The van der Waals surface area contributed by atoms with Crippen LogP contribution >= 0.6 is 0 Å². The highest BCUT2D eigenvalue weighted by atomic mass is 16.4. The van der Waals surface area contributed by atoms with Gasteiger partial charge in [0, 0.05) is 38.4 Å². The second-order valence-electron chi connectivity index (χ2n) is 7.55. The lowest BCUT2D eigenvalue weighted by Crippen LogP contribution is -2.39. The van der Waals surface area contributed by atoms with E-state index in [9.17, 15) is 9.59 Å². The highest BCUT2D eigenvalue weighted by Gasteiger charge is 2.47. The zero-order valence-corrected chi connectivity index (χ0v) is 14.4. The molecule has 2 aromatic heterocycles. The Morgan fingerprint density at radius 1 is 1.27 bits per heavy atom. The lowest BCUT2D eigenvalue weighted by molar-refractivity contribution is 0.0977. The fraction of sp³-hybridized carbons (Fsp3) is 0.500. The molecule has 3 N–H and O–H groups in total. The van der Waals surface area contributed by atoms with Crippen LogP contribution in [-0.2, 0) is 0 Å². The van der Waals surface area contributed by atoms with E-state index in [1.165, 1.54) is 19.5 Å². The van der Waals surface area contributed by atoms with Gasteiger partial charge in [0.25, 0.3) is 5.91 Å². The molecule has 2 saturated heterocycles. The molecule has 3 amide bonds. The van der Waals surface area contributed by atoms with Crippen LogP contribution in [0.25, 0.3) is 11.1 Å². The van der Waals surface area contributed by atoms with E-state index in [0.717, 1.165) is 18.3 Å². The molecule has 8 nitrogen and oxygen atoms in total. The van der Waals surface area contributed by atoms with Gasteiger partial charge in [0.15, 0.2) is 0 Å².